The highest BCUT2D eigenvalue weighted by Gasteiger charge is 2.20. The Labute approximate surface area is 92.7 Å². The number of Topliss-reactive ketones (excluding diaryl/α,β-unsaturated/α-hetero) is 1. The lowest BCUT2D eigenvalue weighted by Crippen LogP contribution is -2.37. The smallest absolute Gasteiger partial charge is 0.410 e. The first kappa shape index (κ1) is 13.4. The molecular formula is C9H16BrNO3. The van der Waals surface area contributed by atoms with Gasteiger partial charge >= 0.3 is 6.09 Å². The summed E-state index contributed by atoms with van der Waals surface area (Å²) in [6.45, 7) is 5.42. The average Bonchev–Trinajstić information content (AvgIpc) is 2.00. The lowest BCUT2D eigenvalue weighted by molar-refractivity contribution is -0.117. The average molecular weight is 266 g/mol. The van der Waals surface area contributed by atoms with Crippen molar-refractivity contribution in [2.24, 2.45) is 0 Å². The van der Waals surface area contributed by atoms with Crippen molar-refractivity contribution < 1.29 is 14.3 Å². The molecule has 4 nitrogen and oxygen atoms in total. The van der Waals surface area contributed by atoms with Crippen molar-refractivity contribution in [2.75, 3.05) is 18.9 Å². The van der Waals surface area contributed by atoms with Gasteiger partial charge in [0.2, 0.25) is 0 Å². The molecule has 0 aromatic rings. The number of carbonyl (C=O) groups is 2. The van der Waals surface area contributed by atoms with Crippen LogP contribution in [-0.4, -0.2) is 41.3 Å². The van der Waals surface area contributed by atoms with E-state index in [2.05, 4.69) is 15.9 Å². The summed E-state index contributed by atoms with van der Waals surface area (Å²) in [7, 11) is 1.54. The fourth-order valence-corrected chi connectivity index (χ4v) is 0.889. The number of amides is 1. The van der Waals surface area contributed by atoms with Gasteiger partial charge in [0.05, 0.1) is 11.9 Å². The van der Waals surface area contributed by atoms with Gasteiger partial charge in [0.25, 0.3) is 0 Å². The van der Waals surface area contributed by atoms with Crippen molar-refractivity contribution >= 4 is 27.8 Å². The van der Waals surface area contributed by atoms with Gasteiger partial charge in [-0.1, -0.05) is 15.9 Å². The predicted octanol–water partition coefficient (Wildman–Crippen LogP) is 1.82. The normalized spacial score (nSPS) is 10.9. The van der Waals surface area contributed by atoms with Crippen LogP contribution in [-0.2, 0) is 9.53 Å². The number of rotatable bonds is 3. The molecule has 0 aromatic carbocycles. The van der Waals surface area contributed by atoms with Crippen LogP contribution >= 0.6 is 15.9 Å². The maximum absolute atomic E-state index is 11.3. The lowest BCUT2D eigenvalue weighted by Gasteiger charge is -2.24. The minimum absolute atomic E-state index is 0.0571. The highest BCUT2D eigenvalue weighted by atomic mass is 79.9. The van der Waals surface area contributed by atoms with Gasteiger partial charge < -0.3 is 9.64 Å². The zero-order valence-electron chi connectivity index (χ0n) is 8.96. The van der Waals surface area contributed by atoms with Crippen molar-refractivity contribution in [3.63, 3.8) is 0 Å². The van der Waals surface area contributed by atoms with Gasteiger partial charge in [-0.25, -0.2) is 4.79 Å². The van der Waals surface area contributed by atoms with Crippen molar-refractivity contribution in [1.29, 1.82) is 0 Å². The van der Waals surface area contributed by atoms with E-state index in [-0.39, 0.29) is 17.7 Å². The molecule has 0 aliphatic rings. The van der Waals surface area contributed by atoms with E-state index in [4.69, 9.17) is 4.74 Å². The fourth-order valence-electron chi connectivity index (χ4n) is 0.711. The first-order valence-electron chi connectivity index (χ1n) is 4.28. The van der Waals surface area contributed by atoms with Crippen LogP contribution in [0.1, 0.15) is 20.8 Å². The second-order valence-corrected chi connectivity index (χ2v) is 4.57. The second-order valence-electron chi connectivity index (χ2n) is 4.01. The van der Waals surface area contributed by atoms with Gasteiger partial charge in [0, 0.05) is 7.05 Å². The molecule has 0 fully saturated rings. The van der Waals surface area contributed by atoms with Crippen molar-refractivity contribution in [3.05, 3.63) is 0 Å². The fraction of sp³-hybridized carbons (Fsp3) is 0.778. The quantitative estimate of drug-likeness (QED) is 0.732. The van der Waals surface area contributed by atoms with Gasteiger partial charge in [-0.2, -0.15) is 0 Å². The minimum atomic E-state index is -0.525. The Morgan fingerprint density at radius 2 is 1.86 bits per heavy atom. The Bertz CT molecular complexity index is 223. The molecule has 1 amide bonds. The zero-order chi connectivity index (χ0) is 11.4. The van der Waals surface area contributed by atoms with E-state index < -0.39 is 11.7 Å². The number of carbonyl (C=O) groups excluding carboxylic acids is 2. The van der Waals surface area contributed by atoms with Crippen LogP contribution in [0.15, 0.2) is 0 Å². The SMILES string of the molecule is CN(CC(=O)CBr)C(=O)OC(C)(C)C. The van der Waals surface area contributed by atoms with Crippen molar-refractivity contribution in [1.82, 2.24) is 4.90 Å². The molecule has 82 valence electrons. The van der Waals surface area contributed by atoms with E-state index in [0.717, 1.165) is 0 Å². The molecule has 0 saturated carbocycles. The van der Waals surface area contributed by atoms with Crippen LogP contribution < -0.4 is 0 Å². The summed E-state index contributed by atoms with van der Waals surface area (Å²) in [5.74, 6) is -0.0571. The lowest BCUT2D eigenvalue weighted by atomic mass is 10.2. The van der Waals surface area contributed by atoms with Gasteiger partial charge in [0.15, 0.2) is 5.78 Å². The molecule has 0 aromatic heterocycles. The highest BCUT2D eigenvalue weighted by Crippen LogP contribution is 2.08. The van der Waals surface area contributed by atoms with Crippen molar-refractivity contribution in [2.45, 2.75) is 26.4 Å². The molecule has 0 N–H and O–H groups in total. The molecule has 0 heterocycles. The molecule has 14 heavy (non-hydrogen) atoms. The second kappa shape index (κ2) is 5.34. The van der Waals surface area contributed by atoms with E-state index in [9.17, 15) is 9.59 Å². The largest absolute Gasteiger partial charge is 0.444 e. The Hall–Kier alpha value is -0.580. The summed E-state index contributed by atoms with van der Waals surface area (Å²) >= 11 is 3.03. The number of ether oxygens (including phenoxy) is 1. The molecule has 0 spiro atoms. The molecule has 0 rings (SSSR count). The Kier molecular flexibility index (Phi) is 5.12. The summed E-state index contributed by atoms with van der Waals surface area (Å²) < 4.78 is 5.06. The first-order chi connectivity index (χ1) is 6.26. The van der Waals surface area contributed by atoms with Gasteiger partial charge in [-0.3, -0.25) is 4.79 Å². The summed E-state index contributed by atoms with van der Waals surface area (Å²) in [6, 6.07) is 0. The zero-order valence-corrected chi connectivity index (χ0v) is 10.6. The number of hydrogen-bond donors (Lipinski definition) is 0. The highest BCUT2D eigenvalue weighted by molar-refractivity contribution is 9.09. The molecule has 0 radical (unpaired) electrons. The van der Waals surface area contributed by atoms with Gasteiger partial charge in [-0.05, 0) is 20.8 Å². The number of ketones is 1. The monoisotopic (exact) mass is 265 g/mol. The van der Waals surface area contributed by atoms with E-state index in [1.165, 1.54) is 11.9 Å². The van der Waals surface area contributed by atoms with Crippen LogP contribution in [0, 0.1) is 0 Å². The Balaban J connectivity index is 4.07. The molecular weight excluding hydrogens is 250 g/mol. The third-order valence-electron chi connectivity index (χ3n) is 1.27. The molecule has 0 saturated heterocycles. The minimum Gasteiger partial charge on any atom is -0.444 e. The van der Waals surface area contributed by atoms with E-state index in [1.807, 2.05) is 0 Å². The molecule has 5 heteroatoms. The summed E-state index contributed by atoms with van der Waals surface area (Å²) in [4.78, 5) is 23.6. The number of halogens is 1. The molecule has 0 bridgehead atoms. The Morgan fingerprint density at radius 3 is 2.21 bits per heavy atom. The van der Waals surface area contributed by atoms with Gasteiger partial charge in [0.1, 0.15) is 5.60 Å². The van der Waals surface area contributed by atoms with E-state index >= 15 is 0 Å². The van der Waals surface area contributed by atoms with Crippen LogP contribution in [0.3, 0.4) is 0 Å². The van der Waals surface area contributed by atoms with Gasteiger partial charge in [-0.15, -0.1) is 0 Å². The number of nitrogens with zero attached hydrogens (tertiary/aromatic N) is 1. The van der Waals surface area contributed by atoms with E-state index in [0.29, 0.717) is 0 Å². The molecule has 0 unspecified atom stereocenters. The molecule has 0 aliphatic carbocycles. The number of likely N-dealkylation sites (N-methyl/N-ethyl adjacent to an activating group) is 1. The van der Waals surface area contributed by atoms with Crippen LogP contribution in [0.5, 0.6) is 0 Å². The Morgan fingerprint density at radius 1 is 1.36 bits per heavy atom. The maximum Gasteiger partial charge on any atom is 0.410 e. The van der Waals surface area contributed by atoms with Crippen LogP contribution in [0.2, 0.25) is 0 Å². The van der Waals surface area contributed by atoms with Crippen LogP contribution in [0.25, 0.3) is 0 Å². The topological polar surface area (TPSA) is 46.6 Å². The third-order valence-corrected chi connectivity index (χ3v) is 1.89. The maximum atomic E-state index is 11.3. The van der Waals surface area contributed by atoms with Crippen LogP contribution in [0.4, 0.5) is 4.79 Å². The first-order valence-corrected chi connectivity index (χ1v) is 5.40. The predicted molar refractivity (Wildman–Crippen MR) is 57.7 cm³/mol. The van der Waals surface area contributed by atoms with Crippen molar-refractivity contribution in [3.8, 4) is 0 Å². The van der Waals surface area contributed by atoms with E-state index in [1.54, 1.807) is 20.8 Å². The molecule has 0 atom stereocenters. The summed E-state index contributed by atoms with van der Waals surface area (Å²) in [5.41, 5.74) is -0.525. The summed E-state index contributed by atoms with van der Waals surface area (Å²) in [5, 5.41) is 0.250. The third kappa shape index (κ3) is 5.96. The standard InChI is InChI=1S/C9H16BrNO3/c1-9(2,3)14-8(13)11(4)6-7(12)5-10/h5-6H2,1-4H3. The number of alkyl halides is 1. The number of hydrogen-bond acceptors (Lipinski definition) is 3. The summed E-state index contributed by atoms with van der Waals surface area (Å²) in [6.07, 6.45) is -0.480. The molecule has 0 aliphatic heterocycles.